The topological polar surface area (TPSA) is 32.3 Å². The van der Waals surface area contributed by atoms with Gasteiger partial charge in [0.1, 0.15) is 0 Å². The number of hydrogen-bond donors (Lipinski definition) is 1. The predicted molar refractivity (Wildman–Crippen MR) is 59.2 cm³/mol. The number of nitrogens with one attached hydrogen (secondary N) is 1. The number of carbonyl (C=O) groups excluding carboxylic acids is 1. The van der Waals surface area contributed by atoms with Gasteiger partial charge in [0.05, 0.1) is 4.83 Å². The van der Waals surface area contributed by atoms with Gasteiger partial charge in [-0.15, -0.1) is 0 Å². The largest absolute Gasteiger partial charge is 0.354 e. The first-order chi connectivity index (χ1) is 5.99. The molecule has 1 N–H and O–H groups in total. The molecule has 0 aromatic carbocycles. The second-order valence-corrected chi connectivity index (χ2v) is 4.54. The van der Waals surface area contributed by atoms with Crippen molar-refractivity contribution < 1.29 is 4.79 Å². The van der Waals surface area contributed by atoms with E-state index in [2.05, 4.69) is 33.1 Å². The number of likely N-dealkylation sites (N-methyl/N-ethyl adjacent to an activating group) is 1. The molecule has 0 rings (SSSR count). The first kappa shape index (κ1) is 12.9. The molecule has 78 valence electrons. The summed E-state index contributed by atoms with van der Waals surface area (Å²) in [5, 5.41) is 2.89. The Morgan fingerprint density at radius 1 is 1.54 bits per heavy atom. The lowest BCUT2D eigenvalue weighted by molar-refractivity contribution is -0.120. The highest BCUT2D eigenvalue weighted by Gasteiger charge is 2.13. The van der Waals surface area contributed by atoms with Crippen molar-refractivity contribution in [3.8, 4) is 0 Å². The van der Waals surface area contributed by atoms with Gasteiger partial charge in [-0.2, -0.15) is 0 Å². The van der Waals surface area contributed by atoms with Gasteiger partial charge in [0.2, 0.25) is 5.91 Å². The fourth-order valence-corrected chi connectivity index (χ4v) is 0.889. The number of alkyl halides is 1. The molecule has 0 aromatic rings. The summed E-state index contributed by atoms with van der Waals surface area (Å²) in [4.78, 5) is 13.3. The van der Waals surface area contributed by atoms with Crippen LogP contribution in [0.2, 0.25) is 0 Å². The van der Waals surface area contributed by atoms with Crippen molar-refractivity contribution in [2.24, 2.45) is 0 Å². The Balaban J connectivity index is 3.70. The highest BCUT2D eigenvalue weighted by atomic mass is 79.9. The van der Waals surface area contributed by atoms with Crippen molar-refractivity contribution in [1.82, 2.24) is 10.2 Å². The second-order valence-electron chi connectivity index (χ2n) is 3.43. The van der Waals surface area contributed by atoms with E-state index in [0.29, 0.717) is 12.6 Å². The fourth-order valence-electron chi connectivity index (χ4n) is 0.727. The van der Waals surface area contributed by atoms with Crippen LogP contribution in [-0.4, -0.2) is 42.3 Å². The summed E-state index contributed by atoms with van der Waals surface area (Å²) in [6.45, 7) is 4.76. The SMILES string of the molecule is CCC(Br)C(=O)NCC(C)N(C)C. The van der Waals surface area contributed by atoms with Gasteiger partial charge in [0, 0.05) is 12.6 Å². The maximum atomic E-state index is 11.3. The number of nitrogens with zero attached hydrogens (tertiary/aromatic N) is 1. The molecule has 0 saturated carbocycles. The standard InChI is InChI=1S/C9H19BrN2O/c1-5-8(10)9(13)11-6-7(2)12(3)4/h7-8H,5-6H2,1-4H3,(H,11,13). The normalized spacial score (nSPS) is 15.5. The zero-order valence-electron chi connectivity index (χ0n) is 8.80. The van der Waals surface area contributed by atoms with Gasteiger partial charge in [-0.25, -0.2) is 0 Å². The van der Waals surface area contributed by atoms with Crippen LogP contribution in [0.3, 0.4) is 0 Å². The number of amides is 1. The number of halogens is 1. The Bertz CT molecular complexity index is 162. The number of hydrogen-bond acceptors (Lipinski definition) is 2. The zero-order chi connectivity index (χ0) is 10.4. The molecule has 2 unspecified atom stereocenters. The fraction of sp³-hybridized carbons (Fsp3) is 0.889. The van der Waals surface area contributed by atoms with E-state index >= 15 is 0 Å². The molecule has 0 heterocycles. The Morgan fingerprint density at radius 3 is 2.46 bits per heavy atom. The summed E-state index contributed by atoms with van der Waals surface area (Å²) in [7, 11) is 4.00. The summed E-state index contributed by atoms with van der Waals surface area (Å²) in [6.07, 6.45) is 0.822. The van der Waals surface area contributed by atoms with Crippen molar-refractivity contribution in [2.45, 2.75) is 31.1 Å². The van der Waals surface area contributed by atoms with E-state index in [0.717, 1.165) is 6.42 Å². The molecule has 2 atom stereocenters. The van der Waals surface area contributed by atoms with E-state index in [4.69, 9.17) is 0 Å². The molecular weight excluding hydrogens is 232 g/mol. The van der Waals surface area contributed by atoms with Gasteiger partial charge in [0.25, 0.3) is 0 Å². The maximum absolute atomic E-state index is 11.3. The van der Waals surface area contributed by atoms with Gasteiger partial charge in [-0.05, 0) is 27.4 Å². The van der Waals surface area contributed by atoms with Crippen LogP contribution in [0.5, 0.6) is 0 Å². The third-order valence-electron chi connectivity index (χ3n) is 2.10. The Hall–Kier alpha value is -0.0900. The van der Waals surface area contributed by atoms with E-state index in [-0.39, 0.29) is 10.7 Å². The minimum atomic E-state index is -0.0538. The molecule has 0 bridgehead atoms. The maximum Gasteiger partial charge on any atom is 0.233 e. The molecule has 0 aliphatic heterocycles. The van der Waals surface area contributed by atoms with Crippen molar-refractivity contribution in [3.63, 3.8) is 0 Å². The first-order valence-corrected chi connectivity index (χ1v) is 5.48. The van der Waals surface area contributed by atoms with E-state index in [1.807, 2.05) is 21.0 Å². The van der Waals surface area contributed by atoms with Gasteiger partial charge in [-0.1, -0.05) is 22.9 Å². The molecular formula is C9H19BrN2O. The zero-order valence-corrected chi connectivity index (χ0v) is 10.4. The molecule has 0 saturated heterocycles. The molecule has 0 aliphatic rings. The van der Waals surface area contributed by atoms with Gasteiger partial charge < -0.3 is 10.2 Å². The van der Waals surface area contributed by atoms with Crippen LogP contribution in [0, 0.1) is 0 Å². The monoisotopic (exact) mass is 250 g/mol. The first-order valence-electron chi connectivity index (χ1n) is 4.57. The quantitative estimate of drug-likeness (QED) is 0.745. The van der Waals surface area contributed by atoms with Gasteiger partial charge in [0.15, 0.2) is 0 Å². The molecule has 0 fully saturated rings. The van der Waals surface area contributed by atoms with Crippen molar-refractivity contribution in [1.29, 1.82) is 0 Å². The molecule has 0 spiro atoms. The molecule has 0 aromatic heterocycles. The van der Waals surface area contributed by atoms with E-state index < -0.39 is 0 Å². The van der Waals surface area contributed by atoms with Crippen molar-refractivity contribution in [3.05, 3.63) is 0 Å². The second kappa shape index (κ2) is 6.38. The van der Waals surface area contributed by atoms with E-state index in [9.17, 15) is 4.79 Å². The van der Waals surface area contributed by atoms with Crippen LogP contribution in [0.15, 0.2) is 0 Å². The van der Waals surface area contributed by atoms with Crippen molar-refractivity contribution >= 4 is 21.8 Å². The lowest BCUT2D eigenvalue weighted by atomic mass is 10.3. The van der Waals surface area contributed by atoms with E-state index in [1.54, 1.807) is 0 Å². The molecule has 4 heteroatoms. The van der Waals surface area contributed by atoms with Crippen LogP contribution < -0.4 is 5.32 Å². The lowest BCUT2D eigenvalue weighted by Gasteiger charge is -2.20. The summed E-state index contributed by atoms with van der Waals surface area (Å²) in [6, 6.07) is 0.375. The molecule has 13 heavy (non-hydrogen) atoms. The smallest absolute Gasteiger partial charge is 0.233 e. The summed E-state index contributed by atoms with van der Waals surface area (Å²) < 4.78 is 0. The number of rotatable bonds is 5. The third kappa shape index (κ3) is 5.26. The minimum absolute atomic E-state index is 0.0538. The van der Waals surface area contributed by atoms with Crippen LogP contribution in [0.25, 0.3) is 0 Å². The minimum Gasteiger partial charge on any atom is -0.354 e. The molecule has 1 amide bonds. The van der Waals surface area contributed by atoms with Gasteiger partial charge >= 0.3 is 0 Å². The van der Waals surface area contributed by atoms with Crippen LogP contribution in [0.4, 0.5) is 0 Å². The van der Waals surface area contributed by atoms with Crippen LogP contribution in [-0.2, 0) is 4.79 Å². The lowest BCUT2D eigenvalue weighted by Crippen LogP contribution is -2.40. The molecule has 0 aliphatic carbocycles. The molecule has 0 radical (unpaired) electrons. The summed E-state index contributed by atoms with van der Waals surface area (Å²) >= 11 is 3.30. The summed E-state index contributed by atoms with van der Waals surface area (Å²) in [5.74, 6) is 0.0798. The van der Waals surface area contributed by atoms with Crippen molar-refractivity contribution in [2.75, 3.05) is 20.6 Å². The summed E-state index contributed by atoms with van der Waals surface area (Å²) in [5.41, 5.74) is 0. The Kier molecular flexibility index (Phi) is 6.33. The van der Waals surface area contributed by atoms with Gasteiger partial charge in [-0.3, -0.25) is 4.79 Å². The third-order valence-corrected chi connectivity index (χ3v) is 3.16. The Morgan fingerprint density at radius 2 is 2.08 bits per heavy atom. The van der Waals surface area contributed by atoms with Crippen LogP contribution >= 0.6 is 15.9 Å². The highest BCUT2D eigenvalue weighted by molar-refractivity contribution is 9.10. The average Bonchev–Trinajstić information content (AvgIpc) is 2.11. The highest BCUT2D eigenvalue weighted by Crippen LogP contribution is 2.03. The Labute approximate surface area is 89.0 Å². The van der Waals surface area contributed by atoms with E-state index in [1.165, 1.54) is 0 Å². The predicted octanol–water partition coefficient (Wildman–Crippen LogP) is 1.23. The number of carbonyl (C=O) groups is 1. The average molecular weight is 251 g/mol. The van der Waals surface area contributed by atoms with Crippen LogP contribution in [0.1, 0.15) is 20.3 Å². The molecule has 3 nitrogen and oxygen atoms in total.